The van der Waals surface area contributed by atoms with Gasteiger partial charge in [-0.3, -0.25) is 4.79 Å². The topological polar surface area (TPSA) is 87.5 Å². The second-order valence-corrected chi connectivity index (χ2v) is 7.93. The molecule has 0 aromatic heterocycles. The quantitative estimate of drug-likeness (QED) is 0.689. The minimum Gasteiger partial charge on any atom is -0.349 e. The minimum atomic E-state index is -0.403. The van der Waals surface area contributed by atoms with E-state index in [4.69, 9.17) is 5.73 Å². The summed E-state index contributed by atoms with van der Waals surface area (Å²) in [6.07, 6.45) is 2.45. The van der Waals surface area contributed by atoms with E-state index >= 15 is 0 Å². The lowest BCUT2D eigenvalue weighted by molar-refractivity contribution is -0.128. The zero-order chi connectivity index (χ0) is 19.2. The van der Waals surface area contributed by atoms with Crippen LogP contribution in [-0.4, -0.2) is 42.0 Å². The maximum atomic E-state index is 12.8. The van der Waals surface area contributed by atoms with Crippen molar-refractivity contribution in [1.29, 1.82) is 0 Å². The summed E-state index contributed by atoms with van der Waals surface area (Å²) in [6, 6.07) is 9.21. The monoisotopic (exact) mass is 396 g/mol. The Kier molecular flexibility index (Phi) is 9.06. The Morgan fingerprint density at radius 3 is 2.56 bits per heavy atom. The molecule has 1 aromatic rings. The standard InChI is InChI=1S/C20H32N4O2.ClH/c1-15(2)12-20(3,14-21)23-18(25)16-8-7-11-24(13-16)19(26)22-17-9-5-4-6-10-17;/h4-6,9-10,15-16H,7-8,11-14,21H2,1-3H3,(H,22,26)(H,23,25);1H. The number of carbonyl (C=O) groups excluding carboxylic acids is 2. The number of amides is 3. The Morgan fingerprint density at radius 1 is 1.30 bits per heavy atom. The van der Waals surface area contributed by atoms with Gasteiger partial charge in [0.1, 0.15) is 0 Å². The highest BCUT2D eigenvalue weighted by molar-refractivity contribution is 5.90. The van der Waals surface area contributed by atoms with Crippen LogP contribution >= 0.6 is 12.4 Å². The first kappa shape index (κ1) is 23.2. The Hall–Kier alpha value is -1.79. The molecule has 6 nitrogen and oxygen atoms in total. The number of halogens is 1. The molecule has 3 amide bonds. The molecular weight excluding hydrogens is 364 g/mol. The van der Waals surface area contributed by atoms with Gasteiger partial charge in [0.05, 0.1) is 5.92 Å². The minimum absolute atomic E-state index is 0. The second-order valence-electron chi connectivity index (χ2n) is 7.93. The van der Waals surface area contributed by atoms with E-state index in [1.165, 1.54) is 0 Å². The maximum Gasteiger partial charge on any atom is 0.321 e. The van der Waals surface area contributed by atoms with Gasteiger partial charge in [-0.2, -0.15) is 0 Å². The summed E-state index contributed by atoms with van der Waals surface area (Å²) in [7, 11) is 0. The molecule has 0 aliphatic carbocycles. The molecule has 1 heterocycles. The Labute approximate surface area is 168 Å². The van der Waals surface area contributed by atoms with Crippen LogP contribution in [0.25, 0.3) is 0 Å². The Bertz CT molecular complexity index is 611. The second kappa shape index (κ2) is 10.5. The highest BCUT2D eigenvalue weighted by Crippen LogP contribution is 2.21. The molecule has 2 unspecified atom stereocenters. The average molecular weight is 397 g/mol. The molecule has 1 aliphatic heterocycles. The number of piperidine rings is 1. The molecule has 2 rings (SSSR count). The van der Waals surface area contributed by atoms with Crippen LogP contribution in [0, 0.1) is 11.8 Å². The molecule has 1 aliphatic rings. The van der Waals surface area contributed by atoms with E-state index in [1.807, 2.05) is 37.3 Å². The van der Waals surface area contributed by atoms with Crippen molar-refractivity contribution in [3.8, 4) is 0 Å². The third-order valence-corrected chi connectivity index (χ3v) is 4.84. The number of hydrogen-bond donors (Lipinski definition) is 3. The number of likely N-dealkylation sites (tertiary alicyclic amines) is 1. The van der Waals surface area contributed by atoms with E-state index < -0.39 is 5.54 Å². The SMILES string of the molecule is CC(C)CC(C)(CN)NC(=O)C1CCCN(C(=O)Nc2ccccc2)C1.Cl. The Balaban J connectivity index is 0.00000364. The van der Waals surface area contributed by atoms with E-state index in [-0.39, 0.29) is 30.3 Å². The van der Waals surface area contributed by atoms with Crippen LogP contribution in [0.15, 0.2) is 30.3 Å². The lowest BCUT2D eigenvalue weighted by Crippen LogP contribution is -2.56. The van der Waals surface area contributed by atoms with Crippen LogP contribution < -0.4 is 16.4 Å². The smallest absolute Gasteiger partial charge is 0.321 e. The largest absolute Gasteiger partial charge is 0.349 e. The summed E-state index contributed by atoms with van der Waals surface area (Å²) in [5, 5.41) is 6.02. The van der Waals surface area contributed by atoms with E-state index in [1.54, 1.807) is 4.90 Å². The fraction of sp³-hybridized carbons (Fsp3) is 0.600. The van der Waals surface area contributed by atoms with Gasteiger partial charge >= 0.3 is 6.03 Å². The molecular formula is C20H33ClN4O2. The van der Waals surface area contributed by atoms with Crippen molar-refractivity contribution in [3.05, 3.63) is 30.3 Å². The van der Waals surface area contributed by atoms with Gasteiger partial charge < -0.3 is 21.3 Å². The first-order valence-corrected chi connectivity index (χ1v) is 9.46. The summed E-state index contributed by atoms with van der Waals surface area (Å²) in [5.74, 6) is 0.252. The molecule has 0 radical (unpaired) electrons. The summed E-state index contributed by atoms with van der Waals surface area (Å²) in [5.41, 5.74) is 6.26. The van der Waals surface area contributed by atoms with Gasteiger partial charge in [-0.1, -0.05) is 32.0 Å². The molecule has 2 atom stereocenters. The zero-order valence-electron chi connectivity index (χ0n) is 16.5. The van der Waals surface area contributed by atoms with Crippen molar-refractivity contribution in [2.45, 2.75) is 45.6 Å². The van der Waals surface area contributed by atoms with Crippen molar-refractivity contribution in [1.82, 2.24) is 10.2 Å². The maximum absolute atomic E-state index is 12.8. The summed E-state index contributed by atoms with van der Waals surface area (Å²) < 4.78 is 0. The number of carbonyl (C=O) groups is 2. The summed E-state index contributed by atoms with van der Waals surface area (Å²) >= 11 is 0. The van der Waals surface area contributed by atoms with Gasteiger partial charge in [-0.25, -0.2) is 4.79 Å². The van der Waals surface area contributed by atoms with Crippen LogP contribution in [0.3, 0.4) is 0 Å². The average Bonchev–Trinajstić information content (AvgIpc) is 2.62. The van der Waals surface area contributed by atoms with E-state index in [0.717, 1.165) is 24.9 Å². The van der Waals surface area contributed by atoms with Crippen LogP contribution in [0.1, 0.15) is 40.0 Å². The number of anilines is 1. The van der Waals surface area contributed by atoms with Crippen molar-refractivity contribution >= 4 is 30.0 Å². The summed E-state index contributed by atoms with van der Waals surface area (Å²) in [4.78, 5) is 27.0. The van der Waals surface area contributed by atoms with Crippen LogP contribution in [0.5, 0.6) is 0 Å². The first-order chi connectivity index (χ1) is 12.3. The van der Waals surface area contributed by atoms with Crippen LogP contribution in [0.2, 0.25) is 0 Å². The fourth-order valence-electron chi connectivity index (χ4n) is 3.59. The molecule has 1 fully saturated rings. The molecule has 152 valence electrons. The molecule has 0 spiro atoms. The summed E-state index contributed by atoms with van der Waals surface area (Å²) in [6.45, 7) is 7.75. The lowest BCUT2D eigenvalue weighted by Gasteiger charge is -2.36. The van der Waals surface area contributed by atoms with Gasteiger partial charge in [-0.15, -0.1) is 12.4 Å². The first-order valence-electron chi connectivity index (χ1n) is 9.46. The third kappa shape index (κ3) is 7.03. The predicted molar refractivity (Wildman–Crippen MR) is 112 cm³/mol. The van der Waals surface area contributed by atoms with Crippen molar-refractivity contribution in [2.24, 2.45) is 17.6 Å². The Morgan fingerprint density at radius 2 is 1.96 bits per heavy atom. The van der Waals surface area contributed by atoms with Gasteiger partial charge in [-0.05, 0) is 44.2 Å². The van der Waals surface area contributed by atoms with Crippen molar-refractivity contribution in [2.75, 3.05) is 25.0 Å². The number of nitrogens with zero attached hydrogens (tertiary/aromatic N) is 1. The number of rotatable bonds is 6. The number of nitrogens with two attached hydrogens (primary N) is 1. The predicted octanol–water partition coefficient (Wildman–Crippen LogP) is 3.23. The molecule has 7 heteroatoms. The van der Waals surface area contributed by atoms with Crippen LogP contribution in [0.4, 0.5) is 10.5 Å². The van der Waals surface area contributed by atoms with E-state index in [0.29, 0.717) is 25.6 Å². The number of hydrogen-bond acceptors (Lipinski definition) is 3. The number of urea groups is 1. The zero-order valence-corrected chi connectivity index (χ0v) is 17.3. The molecule has 0 bridgehead atoms. The van der Waals surface area contributed by atoms with Gasteiger partial charge in [0.15, 0.2) is 0 Å². The van der Waals surface area contributed by atoms with Crippen molar-refractivity contribution < 1.29 is 9.59 Å². The van der Waals surface area contributed by atoms with Crippen LogP contribution in [-0.2, 0) is 4.79 Å². The van der Waals surface area contributed by atoms with E-state index in [2.05, 4.69) is 24.5 Å². The highest BCUT2D eigenvalue weighted by Gasteiger charge is 2.33. The van der Waals surface area contributed by atoms with Crippen molar-refractivity contribution in [3.63, 3.8) is 0 Å². The molecule has 27 heavy (non-hydrogen) atoms. The lowest BCUT2D eigenvalue weighted by atomic mass is 9.89. The van der Waals surface area contributed by atoms with Gasteiger partial charge in [0.2, 0.25) is 5.91 Å². The molecule has 1 aromatic carbocycles. The number of benzene rings is 1. The molecule has 4 N–H and O–H groups in total. The van der Waals surface area contributed by atoms with E-state index in [9.17, 15) is 9.59 Å². The number of nitrogens with one attached hydrogen (secondary N) is 2. The number of para-hydroxylation sites is 1. The fourth-order valence-corrected chi connectivity index (χ4v) is 3.59. The molecule has 0 saturated carbocycles. The van der Waals surface area contributed by atoms with Gasteiger partial charge in [0.25, 0.3) is 0 Å². The third-order valence-electron chi connectivity index (χ3n) is 4.84. The normalized spacial score (nSPS) is 19.0. The van der Waals surface area contributed by atoms with Gasteiger partial charge in [0, 0.05) is 30.9 Å². The highest BCUT2D eigenvalue weighted by atomic mass is 35.5. The molecule has 1 saturated heterocycles.